The van der Waals surface area contributed by atoms with Crippen molar-refractivity contribution < 1.29 is 14.7 Å². The van der Waals surface area contributed by atoms with Gasteiger partial charge in [-0.15, -0.1) is 0 Å². The summed E-state index contributed by atoms with van der Waals surface area (Å²) in [4.78, 5) is 23.4. The summed E-state index contributed by atoms with van der Waals surface area (Å²) in [6, 6.07) is 0. The smallest absolute Gasteiger partial charge is 0.306 e. The average molecular weight is 281 g/mol. The number of hydrogen-bond acceptors (Lipinski definition) is 2. The fourth-order valence-electron chi connectivity index (χ4n) is 3.70. The number of nitrogens with one attached hydrogen (secondary N) is 1. The van der Waals surface area contributed by atoms with Crippen molar-refractivity contribution in [1.29, 1.82) is 0 Å². The highest BCUT2D eigenvalue weighted by atomic mass is 16.4. The van der Waals surface area contributed by atoms with Crippen LogP contribution < -0.4 is 5.32 Å². The Hall–Kier alpha value is -1.06. The summed E-state index contributed by atoms with van der Waals surface area (Å²) in [5.74, 6) is -0.520. The van der Waals surface area contributed by atoms with E-state index in [1.807, 2.05) is 0 Å². The molecule has 4 heteroatoms. The molecule has 0 aromatic rings. The molecule has 2 saturated carbocycles. The Bertz CT molecular complexity index is 335. The number of carbonyl (C=O) groups excluding carboxylic acids is 1. The molecule has 0 radical (unpaired) electrons. The van der Waals surface area contributed by atoms with Crippen LogP contribution in [-0.4, -0.2) is 23.5 Å². The van der Waals surface area contributed by atoms with E-state index in [4.69, 9.17) is 5.11 Å². The van der Waals surface area contributed by atoms with Gasteiger partial charge >= 0.3 is 5.97 Å². The fourth-order valence-corrected chi connectivity index (χ4v) is 3.70. The van der Waals surface area contributed by atoms with E-state index in [0.29, 0.717) is 6.54 Å². The summed E-state index contributed by atoms with van der Waals surface area (Å²) in [6.45, 7) is 0.548. The summed E-state index contributed by atoms with van der Waals surface area (Å²) in [5, 5.41) is 12.2. The van der Waals surface area contributed by atoms with E-state index in [0.717, 1.165) is 44.9 Å². The molecule has 2 unspecified atom stereocenters. The van der Waals surface area contributed by atoms with Crippen molar-refractivity contribution in [3.05, 3.63) is 0 Å². The minimum atomic E-state index is -0.701. The molecule has 2 fully saturated rings. The highest BCUT2D eigenvalue weighted by molar-refractivity contribution is 5.78. The van der Waals surface area contributed by atoms with Gasteiger partial charge in [-0.1, -0.05) is 38.5 Å². The molecule has 0 heterocycles. The fraction of sp³-hybridized carbons (Fsp3) is 0.875. The molecule has 2 N–H and O–H groups in total. The highest BCUT2D eigenvalue weighted by Gasteiger charge is 2.33. The lowest BCUT2D eigenvalue weighted by Crippen LogP contribution is -2.36. The Morgan fingerprint density at radius 3 is 2.20 bits per heavy atom. The van der Waals surface area contributed by atoms with Gasteiger partial charge in [0.2, 0.25) is 5.91 Å². The molecule has 0 spiro atoms. The van der Waals surface area contributed by atoms with Gasteiger partial charge in [0.1, 0.15) is 0 Å². The Morgan fingerprint density at radius 1 is 0.900 bits per heavy atom. The maximum Gasteiger partial charge on any atom is 0.306 e. The molecular formula is C16H27NO3. The van der Waals surface area contributed by atoms with Crippen molar-refractivity contribution in [3.8, 4) is 0 Å². The normalized spacial score (nSPS) is 28.6. The number of aliphatic carboxylic acids is 1. The molecule has 2 rings (SSSR count). The van der Waals surface area contributed by atoms with Crippen LogP contribution in [0.5, 0.6) is 0 Å². The Morgan fingerprint density at radius 2 is 1.55 bits per heavy atom. The monoisotopic (exact) mass is 281 g/mol. The second-order valence-corrected chi connectivity index (χ2v) is 6.42. The van der Waals surface area contributed by atoms with Crippen LogP contribution >= 0.6 is 0 Å². The molecule has 0 aromatic carbocycles. The van der Waals surface area contributed by atoms with Gasteiger partial charge in [-0.25, -0.2) is 0 Å². The van der Waals surface area contributed by atoms with E-state index in [9.17, 15) is 9.59 Å². The summed E-state index contributed by atoms with van der Waals surface area (Å²) >= 11 is 0. The number of carboxylic acids is 1. The first-order valence-electron chi connectivity index (χ1n) is 8.19. The third-order valence-electron chi connectivity index (χ3n) is 4.99. The Labute approximate surface area is 121 Å². The van der Waals surface area contributed by atoms with Crippen molar-refractivity contribution >= 4 is 11.9 Å². The number of rotatable bonds is 4. The van der Waals surface area contributed by atoms with Crippen molar-refractivity contribution in [2.45, 2.75) is 64.2 Å². The number of hydrogen-bond donors (Lipinski definition) is 2. The zero-order valence-electron chi connectivity index (χ0n) is 12.3. The van der Waals surface area contributed by atoms with Crippen molar-refractivity contribution in [2.24, 2.45) is 17.8 Å². The predicted octanol–water partition coefficient (Wildman–Crippen LogP) is 2.96. The van der Waals surface area contributed by atoms with Gasteiger partial charge in [-0.3, -0.25) is 9.59 Å². The Kier molecular flexibility index (Phi) is 5.86. The van der Waals surface area contributed by atoms with Crippen molar-refractivity contribution in [1.82, 2.24) is 5.32 Å². The lowest BCUT2D eigenvalue weighted by molar-refractivity contribution is -0.143. The van der Waals surface area contributed by atoms with E-state index in [-0.39, 0.29) is 23.7 Å². The predicted molar refractivity (Wildman–Crippen MR) is 77.3 cm³/mol. The van der Waals surface area contributed by atoms with Crippen LogP contribution in [0.15, 0.2) is 0 Å². The van der Waals surface area contributed by atoms with Crippen LogP contribution in [0.1, 0.15) is 64.2 Å². The molecule has 1 amide bonds. The Balaban J connectivity index is 1.77. The van der Waals surface area contributed by atoms with Crippen LogP contribution in [0.3, 0.4) is 0 Å². The van der Waals surface area contributed by atoms with Crippen LogP contribution in [0.2, 0.25) is 0 Å². The van der Waals surface area contributed by atoms with Gasteiger partial charge in [-0.2, -0.15) is 0 Å². The number of carbonyl (C=O) groups is 2. The van der Waals surface area contributed by atoms with Gasteiger partial charge in [0, 0.05) is 12.5 Å². The highest BCUT2D eigenvalue weighted by Crippen LogP contribution is 2.31. The quantitative estimate of drug-likeness (QED) is 0.832. The standard InChI is InChI=1S/C16H27NO3/c18-15(12-7-4-2-1-3-5-8-12)17-11-13-9-6-10-14(13)16(19)20/h12-14H,1-11H2,(H,17,18)(H,19,20). The molecular weight excluding hydrogens is 254 g/mol. The van der Waals surface area contributed by atoms with Crippen LogP contribution in [0.4, 0.5) is 0 Å². The van der Waals surface area contributed by atoms with Gasteiger partial charge in [-0.05, 0) is 31.6 Å². The van der Waals surface area contributed by atoms with E-state index < -0.39 is 5.97 Å². The first-order chi connectivity index (χ1) is 9.68. The molecule has 0 aliphatic heterocycles. The first-order valence-corrected chi connectivity index (χ1v) is 8.19. The van der Waals surface area contributed by atoms with E-state index >= 15 is 0 Å². The molecule has 114 valence electrons. The lowest BCUT2D eigenvalue weighted by atomic mass is 9.90. The zero-order chi connectivity index (χ0) is 14.4. The molecule has 2 aliphatic rings. The third-order valence-corrected chi connectivity index (χ3v) is 4.99. The zero-order valence-corrected chi connectivity index (χ0v) is 12.3. The number of carboxylic acid groups (broad SMARTS) is 1. The molecule has 20 heavy (non-hydrogen) atoms. The van der Waals surface area contributed by atoms with E-state index in [1.165, 1.54) is 19.3 Å². The average Bonchev–Trinajstić information content (AvgIpc) is 2.84. The maximum atomic E-state index is 12.2. The van der Waals surface area contributed by atoms with Crippen LogP contribution in [0.25, 0.3) is 0 Å². The summed E-state index contributed by atoms with van der Waals surface area (Å²) < 4.78 is 0. The van der Waals surface area contributed by atoms with Gasteiger partial charge in [0.25, 0.3) is 0 Å². The van der Waals surface area contributed by atoms with Gasteiger partial charge in [0.05, 0.1) is 5.92 Å². The summed E-state index contributed by atoms with van der Waals surface area (Å²) in [7, 11) is 0. The van der Waals surface area contributed by atoms with E-state index in [1.54, 1.807) is 0 Å². The summed E-state index contributed by atoms with van der Waals surface area (Å²) in [6.07, 6.45) is 10.8. The molecule has 4 nitrogen and oxygen atoms in total. The molecule has 0 aromatic heterocycles. The second kappa shape index (κ2) is 7.65. The minimum absolute atomic E-state index is 0.130. The largest absolute Gasteiger partial charge is 0.481 e. The van der Waals surface area contributed by atoms with Gasteiger partial charge in [0.15, 0.2) is 0 Å². The molecule has 2 atom stereocenters. The van der Waals surface area contributed by atoms with Gasteiger partial charge < -0.3 is 10.4 Å². The van der Waals surface area contributed by atoms with Crippen molar-refractivity contribution in [2.75, 3.05) is 6.54 Å². The third kappa shape index (κ3) is 4.22. The first kappa shape index (κ1) is 15.3. The van der Waals surface area contributed by atoms with E-state index in [2.05, 4.69) is 5.32 Å². The molecule has 2 aliphatic carbocycles. The minimum Gasteiger partial charge on any atom is -0.481 e. The lowest BCUT2D eigenvalue weighted by Gasteiger charge is -2.21. The molecule has 0 saturated heterocycles. The maximum absolute atomic E-state index is 12.2. The molecule has 0 bridgehead atoms. The topological polar surface area (TPSA) is 66.4 Å². The summed E-state index contributed by atoms with van der Waals surface area (Å²) in [5.41, 5.74) is 0. The van der Waals surface area contributed by atoms with Crippen LogP contribution in [0, 0.1) is 17.8 Å². The second-order valence-electron chi connectivity index (χ2n) is 6.42. The number of amides is 1. The van der Waals surface area contributed by atoms with Crippen molar-refractivity contribution in [3.63, 3.8) is 0 Å². The van der Waals surface area contributed by atoms with Crippen LogP contribution in [-0.2, 0) is 9.59 Å². The SMILES string of the molecule is O=C(NCC1CCCC1C(=O)O)C1CCCCCCC1.